The highest BCUT2D eigenvalue weighted by molar-refractivity contribution is 7.15. The SMILES string of the molecule is O=C(Nc1nc2c(s1)CN(C(=O)c1cc(C(F)(F)F)cc(C(F)(F)F)c1)CC2)C1CC1. The first-order valence-electron chi connectivity index (χ1n) is 9.30. The Balaban J connectivity index is 1.56. The fraction of sp³-hybridized carbons (Fsp3) is 0.421. The molecule has 2 aliphatic rings. The first-order chi connectivity index (χ1) is 14.4. The largest absolute Gasteiger partial charge is 0.416 e. The second kappa shape index (κ2) is 7.50. The molecule has 31 heavy (non-hydrogen) atoms. The monoisotopic (exact) mass is 463 g/mol. The number of hydrogen-bond acceptors (Lipinski definition) is 4. The number of thiazole rings is 1. The van der Waals surface area contributed by atoms with E-state index in [1.165, 1.54) is 4.90 Å². The van der Waals surface area contributed by atoms with Gasteiger partial charge < -0.3 is 10.2 Å². The number of nitrogens with zero attached hydrogens (tertiary/aromatic N) is 2. The number of carbonyl (C=O) groups excluding carboxylic acids is 2. The van der Waals surface area contributed by atoms with Gasteiger partial charge in [-0.1, -0.05) is 11.3 Å². The zero-order chi connectivity index (χ0) is 22.6. The van der Waals surface area contributed by atoms with Crippen LogP contribution in [0.3, 0.4) is 0 Å². The second-order valence-electron chi connectivity index (χ2n) is 7.42. The van der Waals surface area contributed by atoms with Crippen LogP contribution < -0.4 is 5.32 Å². The molecule has 0 bridgehead atoms. The number of fused-ring (bicyclic) bond motifs is 1. The lowest BCUT2D eigenvalue weighted by molar-refractivity contribution is -0.143. The average Bonchev–Trinajstić information content (AvgIpc) is 3.46. The summed E-state index contributed by atoms with van der Waals surface area (Å²) in [6, 6.07) is 0.852. The molecule has 0 atom stereocenters. The maximum absolute atomic E-state index is 13.1. The molecule has 166 valence electrons. The highest BCUT2D eigenvalue weighted by Gasteiger charge is 2.38. The third kappa shape index (κ3) is 4.68. The van der Waals surface area contributed by atoms with Gasteiger partial charge in [0.05, 0.1) is 23.4 Å². The summed E-state index contributed by atoms with van der Waals surface area (Å²) in [6.07, 6.45) is -8.15. The van der Waals surface area contributed by atoms with E-state index in [0.717, 1.165) is 24.2 Å². The number of hydrogen-bond donors (Lipinski definition) is 1. The van der Waals surface area contributed by atoms with Crippen molar-refractivity contribution in [1.29, 1.82) is 0 Å². The fourth-order valence-electron chi connectivity index (χ4n) is 3.24. The standard InChI is InChI=1S/C19H15F6N3O2S/c20-18(21,22)11-5-10(6-12(7-11)19(23,24)25)16(30)28-4-3-13-14(8-28)31-17(26-13)27-15(29)9-1-2-9/h5-7,9H,1-4,8H2,(H,26,27,29). The van der Waals surface area contributed by atoms with Gasteiger partial charge in [0.1, 0.15) is 0 Å². The molecule has 1 saturated carbocycles. The van der Waals surface area contributed by atoms with E-state index < -0.39 is 35.0 Å². The van der Waals surface area contributed by atoms with Crippen LogP contribution in [0, 0.1) is 5.92 Å². The lowest BCUT2D eigenvalue weighted by Gasteiger charge is -2.26. The van der Waals surface area contributed by atoms with Crippen molar-refractivity contribution in [2.45, 2.75) is 38.2 Å². The van der Waals surface area contributed by atoms with E-state index in [1.54, 1.807) is 0 Å². The molecule has 4 rings (SSSR count). The van der Waals surface area contributed by atoms with Crippen molar-refractivity contribution in [3.05, 3.63) is 45.5 Å². The Hall–Kier alpha value is -2.63. The summed E-state index contributed by atoms with van der Waals surface area (Å²) < 4.78 is 78.4. The van der Waals surface area contributed by atoms with E-state index >= 15 is 0 Å². The molecule has 12 heteroatoms. The molecule has 0 spiro atoms. The highest BCUT2D eigenvalue weighted by atomic mass is 32.1. The molecule has 2 amide bonds. The lowest BCUT2D eigenvalue weighted by Crippen LogP contribution is -2.35. The van der Waals surface area contributed by atoms with E-state index in [0.29, 0.717) is 27.8 Å². The first-order valence-corrected chi connectivity index (χ1v) is 10.1. The molecule has 2 aromatic rings. The topological polar surface area (TPSA) is 62.3 Å². The molecular formula is C19H15F6N3O2S. The summed E-state index contributed by atoms with van der Waals surface area (Å²) >= 11 is 1.14. The second-order valence-corrected chi connectivity index (χ2v) is 8.51. The lowest BCUT2D eigenvalue weighted by atomic mass is 10.0. The Kier molecular flexibility index (Phi) is 5.23. The molecule has 1 aromatic heterocycles. The minimum absolute atomic E-state index is 0.0108. The predicted octanol–water partition coefficient (Wildman–Crippen LogP) is 4.73. The molecular weight excluding hydrogens is 448 g/mol. The minimum atomic E-state index is -5.03. The third-order valence-electron chi connectivity index (χ3n) is 5.03. The maximum Gasteiger partial charge on any atom is 0.416 e. The molecule has 1 aliphatic heterocycles. The number of anilines is 1. The van der Waals surface area contributed by atoms with Crippen LogP contribution in [0.2, 0.25) is 0 Å². The first kappa shape index (κ1) is 21.6. The maximum atomic E-state index is 13.1. The molecule has 5 nitrogen and oxygen atoms in total. The molecule has 0 radical (unpaired) electrons. The molecule has 1 fully saturated rings. The average molecular weight is 463 g/mol. The van der Waals surface area contributed by atoms with Crippen LogP contribution in [0.1, 0.15) is 44.9 Å². The summed E-state index contributed by atoms with van der Waals surface area (Å²) in [4.78, 5) is 30.8. The Morgan fingerprint density at radius 1 is 1.03 bits per heavy atom. The molecule has 1 aromatic carbocycles. The van der Waals surface area contributed by atoms with Gasteiger partial charge in [-0.05, 0) is 31.0 Å². The number of amides is 2. The zero-order valence-corrected chi connectivity index (χ0v) is 16.5. The van der Waals surface area contributed by atoms with E-state index in [-0.39, 0.29) is 37.4 Å². The Morgan fingerprint density at radius 2 is 1.65 bits per heavy atom. The minimum Gasteiger partial charge on any atom is -0.333 e. The van der Waals surface area contributed by atoms with Crippen molar-refractivity contribution >= 4 is 28.3 Å². The van der Waals surface area contributed by atoms with Crippen LogP contribution in [0.4, 0.5) is 31.5 Å². The molecule has 0 unspecified atom stereocenters. The van der Waals surface area contributed by atoms with Crippen molar-refractivity contribution in [3.8, 4) is 0 Å². The summed E-state index contributed by atoms with van der Waals surface area (Å²) in [5.74, 6) is -1.09. The van der Waals surface area contributed by atoms with Crippen LogP contribution in [0.25, 0.3) is 0 Å². The van der Waals surface area contributed by atoms with Crippen molar-refractivity contribution in [3.63, 3.8) is 0 Å². The fourth-order valence-corrected chi connectivity index (χ4v) is 4.26. The number of aromatic nitrogens is 1. The van der Waals surface area contributed by atoms with Crippen molar-refractivity contribution in [1.82, 2.24) is 9.88 Å². The van der Waals surface area contributed by atoms with Gasteiger partial charge in [-0.2, -0.15) is 26.3 Å². The number of carbonyl (C=O) groups is 2. The van der Waals surface area contributed by atoms with Gasteiger partial charge in [0.2, 0.25) is 5.91 Å². The van der Waals surface area contributed by atoms with E-state index in [9.17, 15) is 35.9 Å². The zero-order valence-electron chi connectivity index (χ0n) is 15.7. The summed E-state index contributed by atoms with van der Waals surface area (Å²) in [7, 11) is 0. The van der Waals surface area contributed by atoms with Gasteiger partial charge >= 0.3 is 12.4 Å². The van der Waals surface area contributed by atoms with Gasteiger partial charge in [0.15, 0.2) is 5.13 Å². The molecule has 2 heterocycles. The Morgan fingerprint density at radius 3 is 2.19 bits per heavy atom. The van der Waals surface area contributed by atoms with Gasteiger partial charge in [-0.15, -0.1) is 0 Å². The molecule has 1 N–H and O–H groups in total. The number of nitrogens with one attached hydrogen (secondary N) is 1. The summed E-state index contributed by atoms with van der Waals surface area (Å²) in [5.41, 5.74) is -3.10. The van der Waals surface area contributed by atoms with Crippen LogP contribution in [0.5, 0.6) is 0 Å². The number of alkyl halides is 6. The van der Waals surface area contributed by atoms with Crippen molar-refractivity contribution in [2.75, 3.05) is 11.9 Å². The van der Waals surface area contributed by atoms with Crippen molar-refractivity contribution in [2.24, 2.45) is 5.92 Å². The van der Waals surface area contributed by atoms with E-state index in [4.69, 9.17) is 0 Å². The van der Waals surface area contributed by atoms with Gasteiger partial charge in [-0.3, -0.25) is 9.59 Å². The van der Waals surface area contributed by atoms with Crippen LogP contribution in [-0.2, 0) is 30.1 Å². The van der Waals surface area contributed by atoms with E-state index in [2.05, 4.69) is 10.3 Å². The smallest absolute Gasteiger partial charge is 0.333 e. The quantitative estimate of drug-likeness (QED) is 0.670. The number of rotatable bonds is 3. The summed E-state index contributed by atoms with van der Waals surface area (Å²) in [5, 5.41) is 3.07. The molecule has 0 saturated heterocycles. The van der Waals surface area contributed by atoms with Crippen LogP contribution >= 0.6 is 11.3 Å². The van der Waals surface area contributed by atoms with Gasteiger partial charge in [0, 0.05) is 29.3 Å². The van der Waals surface area contributed by atoms with Gasteiger partial charge in [-0.25, -0.2) is 4.98 Å². The van der Waals surface area contributed by atoms with Crippen molar-refractivity contribution < 1.29 is 35.9 Å². The van der Waals surface area contributed by atoms with E-state index in [1.807, 2.05) is 0 Å². The number of benzene rings is 1. The highest BCUT2D eigenvalue weighted by Crippen LogP contribution is 2.37. The Labute approximate surface area is 176 Å². The van der Waals surface area contributed by atoms with Crippen LogP contribution in [0.15, 0.2) is 18.2 Å². The summed E-state index contributed by atoms with van der Waals surface area (Å²) in [6.45, 7) is 0.0753. The number of halogens is 6. The third-order valence-corrected chi connectivity index (χ3v) is 6.03. The normalized spacial score (nSPS) is 16.8. The molecule has 1 aliphatic carbocycles. The van der Waals surface area contributed by atoms with Gasteiger partial charge in [0.25, 0.3) is 5.91 Å². The van der Waals surface area contributed by atoms with Crippen LogP contribution in [-0.4, -0.2) is 28.2 Å². The Bertz CT molecular complexity index is 1010. The predicted molar refractivity (Wildman–Crippen MR) is 98.4 cm³/mol.